The van der Waals surface area contributed by atoms with Crippen molar-refractivity contribution in [3.63, 3.8) is 0 Å². The highest BCUT2D eigenvalue weighted by Crippen LogP contribution is 2.32. The van der Waals surface area contributed by atoms with E-state index in [1.54, 1.807) is 23.9 Å². The molecule has 0 aliphatic rings. The number of phenolic OH excluding ortho intramolecular Hbond substituents is 1. The van der Waals surface area contributed by atoms with Gasteiger partial charge in [0.25, 0.3) is 5.91 Å². The molecule has 0 unspecified atom stereocenters. The van der Waals surface area contributed by atoms with Crippen LogP contribution in [0.5, 0.6) is 5.75 Å². The van der Waals surface area contributed by atoms with Crippen molar-refractivity contribution in [3.05, 3.63) is 35.0 Å². The average Bonchev–Trinajstić information content (AvgIpc) is 3.16. The molecule has 0 radical (unpaired) electrons. The number of benzene rings is 1. The lowest BCUT2D eigenvalue weighted by atomic mass is 10.0. The Morgan fingerprint density at radius 1 is 1.32 bits per heavy atom. The van der Waals surface area contributed by atoms with Gasteiger partial charge in [-0.25, -0.2) is 0 Å². The van der Waals surface area contributed by atoms with Crippen LogP contribution in [0.15, 0.2) is 22.5 Å². The van der Waals surface area contributed by atoms with Gasteiger partial charge in [-0.05, 0) is 42.9 Å². The zero-order valence-corrected chi connectivity index (χ0v) is 15.6. The highest BCUT2D eigenvalue weighted by Gasteiger charge is 2.17. The van der Waals surface area contributed by atoms with E-state index in [1.165, 1.54) is 11.3 Å². The van der Waals surface area contributed by atoms with E-state index < -0.39 is 0 Å². The van der Waals surface area contributed by atoms with Crippen molar-refractivity contribution in [2.24, 2.45) is 0 Å². The number of carbonyl (C=O) groups is 1. The maximum Gasteiger partial charge on any atom is 0.275 e. The maximum atomic E-state index is 12.3. The van der Waals surface area contributed by atoms with Crippen molar-refractivity contribution in [1.29, 1.82) is 0 Å². The number of aryl methyl sites for hydroxylation is 2. The summed E-state index contributed by atoms with van der Waals surface area (Å²) in [6.45, 7) is 5.83. The first-order valence-electron chi connectivity index (χ1n) is 7.61. The summed E-state index contributed by atoms with van der Waals surface area (Å²) in [4.78, 5) is 12.3. The molecule has 130 valence electrons. The molecule has 0 saturated carbocycles. The number of thioether (sulfide) groups is 1. The predicted octanol–water partition coefficient (Wildman–Crippen LogP) is 3.61. The molecule has 7 nitrogen and oxygen atoms in total. The largest absolute Gasteiger partial charge is 0.507 e. The van der Waals surface area contributed by atoms with Crippen LogP contribution in [0.3, 0.4) is 0 Å². The van der Waals surface area contributed by atoms with E-state index in [-0.39, 0.29) is 17.4 Å². The molecule has 3 N–H and O–H groups in total. The third-order valence-electron chi connectivity index (χ3n) is 3.43. The molecule has 0 fully saturated rings. The number of aromatic hydroxyl groups is 1. The lowest BCUT2D eigenvalue weighted by Crippen LogP contribution is -2.12. The number of anilines is 1. The monoisotopic (exact) mass is 375 g/mol. The number of amides is 1. The second-order valence-electron chi connectivity index (χ2n) is 5.40. The zero-order chi connectivity index (χ0) is 18.0. The molecular formula is C16H17N5O2S2. The second kappa shape index (κ2) is 7.24. The molecule has 1 aromatic carbocycles. The molecule has 0 aliphatic carbocycles. The molecule has 2 heterocycles. The number of aromatic amines is 1. The van der Waals surface area contributed by atoms with E-state index in [2.05, 4.69) is 25.7 Å². The van der Waals surface area contributed by atoms with Crippen LogP contribution in [0.1, 0.15) is 28.5 Å². The number of nitrogens with one attached hydrogen (secondary N) is 2. The molecule has 3 rings (SSSR count). The highest BCUT2D eigenvalue weighted by molar-refractivity contribution is 8.01. The Morgan fingerprint density at radius 3 is 2.84 bits per heavy atom. The Balaban J connectivity index is 1.80. The van der Waals surface area contributed by atoms with Crippen molar-refractivity contribution >= 4 is 34.1 Å². The van der Waals surface area contributed by atoms with Gasteiger partial charge in [0.1, 0.15) is 11.4 Å². The maximum absolute atomic E-state index is 12.3. The summed E-state index contributed by atoms with van der Waals surface area (Å²) in [6.07, 6.45) is 0. The summed E-state index contributed by atoms with van der Waals surface area (Å²) in [5, 5.41) is 28.1. The van der Waals surface area contributed by atoms with E-state index in [0.29, 0.717) is 16.4 Å². The van der Waals surface area contributed by atoms with Crippen molar-refractivity contribution in [1.82, 2.24) is 20.4 Å². The Morgan fingerprint density at radius 2 is 2.12 bits per heavy atom. The van der Waals surface area contributed by atoms with Crippen molar-refractivity contribution in [2.45, 2.75) is 25.1 Å². The third-order valence-corrected chi connectivity index (χ3v) is 5.29. The molecule has 0 atom stereocenters. The van der Waals surface area contributed by atoms with Gasteiger partial charge in [-0.1, -0.05) is 36.1 Å². The third kappa shape index (κ3) is 3.83. The van der Waals surface area contributed by atoms with Gasteiger partial charge < -0.3 is 5.11 Å². The number of rotatable bonds is 5. The number of nitrogens with zero attached hydrogens (tertiary/aromatic N) is 3. The van der Waals surface area contributed by atoms with Gasteiger partial charge in [-0.3, -0.25) is 15.2 Å². The number of hydrogen-bond acceptors (Lipinski definition) is 7. The van der Waals surface area contributed by atoms with Gasteiger partial charge >= 0.3 is 0 Å². The summed E-state index contributed by atoms with van der Waals surface area (Å²) in [7, 11) is 0. The topological polar surface area (TPSA) is 104 Å². The second-order valence-corrected chi connectivity index (χ2v) is 7.89. The molecule has 3 aromatic rings. The predicted molar refractivity (Wildman–Crippen MR) is 99.4 cm³/mol. The minimum absolute atomic E-state index is 0.140. The van der Waals surface area contributed by atoms with Crippen LogP contribution in [-0.4, -0.2) is 37.2 Å². The fourth-order valence-corrected chi connectivity index (χ4v) is 4.10. The number of carbonyl (C=O) groups excluding carboxylic acids is 1. The van der Waals surface area contributed by atoms with Crippen LogP contribution in [0, 0.1) is 13.8 Å². The smallest absolute Gasteiger partial charge is 0.275 e. The first-order valence-corrected chi connectivity index (χ1v) is 9.41. The number of phenols is 1. The number of H-pyrrole nitrogens is 1. The SMILES string of the molecule is CCSc1nnc(NC(=O)c2cc(-c3c(C)cc(C)cc3O)n[nH]2)s1. The van der Waals surface area contributed by atoms with E-state index >= 15 is 0 Å². The van der Waals surface area contributed by atoms with Gasteiger partial charge in [0.2, 0.25) is 5.13 Å². The molecule has 0 aliphatic heterocycles. The Kier molecular flexibility index (Phi) is 5.05. The van der Waals surface area contributed by atoms with Crippen LogP contribution in [0.2, 0.25) is 0 Å². The lowest BCUT2D eigenvalue weighted by Gasteiger charge is -2.06. The van der Waals surface area contributed by atoms with E-state index in [0.717, 1.165) is 21.2 Å². The highest BCUT2D eigenvalue weighted by atomic mass is 32.2. The summed E-state index contributed by atoms with van der Waals surface area (Å²) in [5.74, 6) is 0.680. The summed E-state index contributed by atoms with van der Waals surface area (Å²) >= 11 is 2.90. The molecule has 0 saturated heterocycles. The first kappa shape index (κ1) is 17.4. The Hall–Kier alpha value is -2.39. The number of hydrogen-bond donors (Lipinski definition) is 3. The molecule has 0 spiro atoms. The van der Waals surface area contributed by atoms with Gasteiger partial charge in [-0.2, -0.15) is 5.10 Å². The van der Waals surface area contributed by atoms with Crippen molar-refractivity contribution in [3.8, 4) is 17.0 Å². The Bertz CT molecular complexity index is 896. The first-order chi connectivity index (χ1) is 12.0. The molecule has 9 heteroatoms. The molecule has 0 bridgehead atoms. The van der Waals surface area contributed by atoms with Gasteiger partial charge in [-0.15, -0.1) is 10.2 Å². The van der Waals surface area contributed by atoms with Crippen molar-refractivity contribution in [2.75, 3.05) is 11.1 Å². The van der Waals surface area contributed by atoms with Crippen LogP contribution < -0.4 is 5.32 Å². The fraction of sp³-hybridized carbons (Fsp3) is 0.250. The lowest BCUT2D eigenvalue weighted by molar-refractivity contribution is 0.102. The minimum atomic E-state index is -0.354. The zero-order valence-electron chi connectivity index (χ0n) is 14.0. The summed E-state index contributed by atoms with van der Waals surface area (Å²) < 4.78 is 0.809. The van der Waals surface area contributed by atoms with Gasteiger partial charge in [0.05, 0.1) is 5.69 Å². The van der Waals surface area contributed by atoms with E-state index in [9.17, 15) is 9.90 Å². The average molecular weight is 375 g/mol. The molecule has 25 heavy (non-hydrogen) atoms. The standard InChI is InChI=1S/C16H17N5O2S2/c1-4-24-16-21-20-15(25-16)17-14(23)11-7-10(18-19-11)13-9(3)5-8(2)6-12(13)22/h5-7,22H,4H2,1-3H3,(H,18,19)(H,17,20,23). The van der Waals surface area contributed by atoms with Crippen LogP contribution in [0.4, 0.5) is 5.13 Å². The normalized spacial score (nSPS) is 10.8. The molecule has 1 amide bonds. The van der Waals surface area contributed by atoms with E-state index in [1.807, 2.05) is 26.8 Å². The van der Waals surface area contributed by atoms with Gasteiger partial charge in [0.15, 0.2) is 4.34 Å². The molecular weight excluding hydrogens is 358 g/mol. The van der Waals surface area contributed by atoms with Crippen LogP contribution >= 0.6 is 23.1 Å². The van der Waals surface area contributed by atoms with E-state index in [4.69, 9.17) is 0 Å². The van der Waals surface area contributed by atoms with Crippen LogP contribution in [0.25, 0.3) is 11.3 Å². The molecule has 2 aromatic heterocycles. The minimum Gasteiger partial charge on any atom is -0.507 e. The fourth-order valence-electron chi connectivity index (χ4n) is 2.45. The van der Waals surface area contributed by atoms with Gasteiger partial charge in [0, 0.05) is 5.56 Å². The summed E-state index contributed by atoms with van der Waals surface area (Å²) in [6, 6.07) is 5.23. The number of aromatic nitrogens is 4. The quantitative estimate of drug-likeness (QED) is 0.465. The van der Waals surface area contributed by atoms with Crippen LogP contribution in [-0.2, 0) is 0 Å². The van der Waals surface area contributed by atoms with Crippen molar-refractivity contribution < 1.29 is 9.90 Å². The Labute approximate surface area is 152 Å². The summed E-state index contributed by atoms with van der Waals surface area (Å²) in [5.41, 5.74) is 3.26.